The maximum absolute atomic E-state index is 12.3. The molecule has 2 heterocycles. The average Bonchev–Trinajstić information content (AvgIpc) is 2.96. The third kappa shape index (κ3) is 4.99. The molecular weight excluding hydrogens is 372 g/mol. The predicted molar refractivity (Wildman–Crippen MR) is 110 cm³/mol. The van der Waals surface area contributed by atoms with E-state index in [1.807, 2.05) is 6.07 Å². The fourth-order valence-electron chi connectivity index (χ4n) is 3.85. The summed E-state index contributed by atoms with van der Waals surface area (Å²) in [5.41, 5.74) is 1.97. The number of hydrogen-bond donors (Lipinski definition) is 1. The molecule has 1 aliphatic heterocycles. The highest BCUT2D eigenvalue weighted by Gasteiger charge is 2.26. The summed E-state index contributed by atoms with van der Waals surface area (Å²) in [4.78, 5) is 27.7. The Morgan fingerprint density at radius 2 is 2.00 bits per heavy atom. The van der Waals surface area contributed by atoms with Crippen molar-refractivity contribution in [3.8, 4) is 0 Å². The number of carbonyl (C=O) groups excluding carboxylic acids is 1. The van der Waals surface area contributed by atoms with Gasteiger partial charge in [-0.3, -0.25) is 24.5 Å². The van der Waals surface area contributed by atoms with Gasteiger partial charge in [0.2, 0.25) is 5.91 Å². The second-order valence-electron chi connectivity index (χ2n) is 7.51. The molecule has 0 aliphatic carbocycles. The lowest BCUT2D eigenvalue weighted by atomic mass is 10.0. The van der Waals surface area contributed by atoms with Gasteiger partial charge in [0.1, 0.15) is 17.9 Å². The van der Waals surface area contributed by atoms with Crippen molar-refractivity contribution in [2.75, 3.05) is 39.8 Å². The monoisotopic (exact) mass is 400 g/mol. The summed E-state index contributed by atoms with van der Waals surface area (Å²) in [6.07, 6.45) is 0. The first-order valence-corrected chi connectivity index (χ1v) is 9.79. The van der Waals surface area contributed by atoms with Crippen LogP contribution < -0.4 is 5.32 Å². The fraction of sp³-hybridized carbons (Fsp3) is 0.500. The van der Waals surface area contributed by atoms with Crippen molar-refractivity contribution in [3.05, 3.63) is 57.4 Å². The van der Waals surface area contributed by atoms with Gasteiger partial charge in [-0.2, -0.15) is 5.10 Å². The lowest BCUT2D eigenvalue weighted by Gasteiger charge is -2.40. The summed E-state index contributed by atoms with van der Waals surface area (Å²) in [6.45, 7) is 7.32. The summed E-state index contributed by atoms with van der Waals surface area (Å²) in [6, 6.07) is 10.7. The highest BCUT2D eigenvalue weighted by atomic mass is 16.6. The Morgan fingerprint density at radius 3 is 2.66 bits per heavy atom. The van der Waals surface area contributed by atoms with E-state index in [0.717, 1.165) is 26.2 Å². The van der Waals surface area contributed by atoms with Crippen LogP contribution in [0.3, 0.4) is 0 Å². The van der Waals surface area contributed by atoms with Crippen molar-refractivity contribution < 1.29 is 9.72 Å². The summed E-state index contributed by atoms with van der Waals surface area (Å²) < 4.78 is 1.39. The number of piperazine rings is 1. The summed E-state index contributed by atoms with van der Waals surface area (Å²) in [7, 11) is 2.13. The zero-order valence-electron chi connectivity index (χ0n) is 17.2. The van der Waals surface area contributed by atoms with Gasteiger partial charge in [-0.05, 0) is 26.5 Å². The van der Waals surface area contributed by atoms with Gasteiger partial charge in [0, 0.05) is 38.8 Å². The third-order valence-electron chi connectivity index (χ3n) is 5.42. The van der Waals surface area contributed by atoms with Crippen LogP contribution in [0, 0.1) is 24.0 Å². The van der Waals surface area contributed by atoms with Crippen LogP contribution in [-0.2, 0) is 11.3 Å². The van der Waals surface area contributed by atoms with Gasteiger partial charge in [-0.1, -0.05) is 30.3 Å². The van der Waals surface area contributed by atoms with Crippen LogP contribution in [0.5, 0.6) is 0 Å². The molecule has 0 saturated carbocycles. The second-order valence-corrected chi connectivity index (χ2v) is 7.51. The maximum Gasteiger partial charge on any atom is 0.312 e. The Labute approximate surface area is 170 Å². The molecule has 1 N–H and O–H groups in total. The minimum atomic E-state index is -0.455. The minimum absolute atomic E-state index is 0.0225. The maximum atomic E-state index is 12.3. The zero-order valence-corrected chi connectivity index (χ0v) is 17.2. The molecule has 3 rings (SSSR count). The largest absolute Gasteiger partial charge is 0.353 e. The number of hydrogen-bond acceptors (Lipinski definition) is 6. The van der Waals surface area contributed by atoms with Gasteiger partial charge in [0.15, 0.2) is 0 Å². The number of aromatic nitrogens is 2. The molecule has 0 unspecified atom stereocenters. The van der Waals surface area contributed by atoms with E-state index in [1.165, 1.54) is 10.2 Å². The van der Waals surface area contributed by atoms with E-state index >= 15 is 0 Å². The van der Waals surface area contributed by atoms with Gasteiger partial charge in [-0.15, -0.1) is 0 Å². The third-order valence-corrected chi connectivity index (χ3v) is 5.42. The molecule has 2 aromatic rings. The van der Waals surface area contributed by atoms with Crippen LogP contribution in [0.4, 0.5) is 5.69 Å². The van der Waals surface area contributed by atoms with Crippen molar-refractivity contribution in [2.45, 2.75) is 26.4 Å². The number of amides is 1. The first kappa shape index (κ1) is 20.9. The van der Waals surface area contributed by atoms with E-state index in [1.54, 1.807) is 13.8 Å². The number of nitrogens with zero attached hydrogens (tertiary/aromatic N) is 5. The number of benzene rings is 1. The topological polar surface area (TPSA) is 96.5 Å². The van der Waals surface area contributed by atoms with E-state index in [9.17, 15) is 14.9 Å². The molecule has 9 heteroatoms. The molecule has 0 radical (unpaired) electrons. The Balaban J connectivity index is 1.55. The molecule has 1 aliphatic rings. The molecule has 29 heavy (non-hydrogen) atoms. The Bertz CT molecular complexity index is 867. The standard InChI is InChI=1S/C20H28N6O3/c1-15-20(26(28)29)16(2)25(22-15)14-19(27)21-9-10-24-12-11-23(3)13-18(24)17-7-5-4-6-8-17/h4-8,18H,9-14H2,1-3H3,(H,21,27)/t18-/m0/s1. The first-order chi connectivity index (χ1) is 13.9. The van der Waals surface area contributed by atoms with Gasteiger partial charge >= 0.3 is 5.69 Å². The van der Waals surface area contributed by atoms with Crippen LogP contribution in [0.25, 0.3) is 0 Å². The van der Waals surface area contributed by atoms with Crippen LogP contribution in [0.1, 0.15) is 23.0 Å². The van der Waals surface area contributed by atoms with E-state index in [2.05, 4.69) is 51.5 Å². The number of nitrogens with one attached hydrogen (secondary N) is 1. The van der Waals surface area contributed by atoms with Crippen molar-refractivity contribution in [1.29, 1.82) is 0 Å². The van der Waals surface area contributed by atoms with Crippen LogP contribution >= 0.6 is 0 Å². The molecule has 0 bridgehead atoms. The molecular formula is C20H28N6O3. The lowest BCUT2D eigenvalue weighted by molar-refractivity contribution is -0.386. The highest BCUT2D eigenvalue weighted by Crippen LogP contribution is 2.24. The summed E-state index contributed by atoms with van der Waals surface area (Å²) in [5, 5.41) is 18.2. The van der Waals surface area contributed by atoms with Crippen molar-refractivity contribution in [3.63, 3.8) is 0 Å². The zero-order chi connectivity index (χ0) is 21.0. The van der Waals surface area contributed by atoms with E-state index in [4.69, 9.17) is 0 Å². The van der Waals surface area contributed by atoms with Crippen LogP contribution in [-0.4, -0.2) is 70.2 Å². The van der Waals surface area contributed by atoms with Crippen molar-refractivity contribution in [1.82, 2.24) is 24.9 Å². The molecule has 0 spiro atoms. The van der Waals surface area contributed by atoms with Crippen LogP contribution in [0.15, 0.2) is 30.3 Å². The van der Waals surface area contributed by atoms with E-state index in [-0.39, 0.29) is 18.1 Å². The molecule has 1 saturated heterocycles. The van der Waals surface area contributed by atoms with E-state index < -0.39 is 4.92 Å². The number of rotatable bonds is 7. The summed E-state index contributed by atoms with van der Waals surface area (Å²) >= 11 is 0. The fourth-order valence-corrected chi connectivity index (χ4v) is 3.85. The van der Waals surface area contributed by atoms with Crippen LogP contribution in [0.2, 0.25) is 0 Å². The van der Waals surface area contributed by atoms with Gasteiger partial charge in [0.05, 0.1) is 4.92 Å². The number of aryl methyl sites for hydroxylation is 1. The quantitative estimate of drug-likeness (QED) is 0.559. The summed E-state index contributed by atoms with van der Waals surface area (Å²) in [5.74, 6) is -0.198. The first-order valence-electron chi connectivity index (χ1n) is 9.79. The molecule has 1 fully saturated rings. The molecule has 1 aromatic carbocycles. The average molecular weight is 400 g/mol. The molecule has 9 nitrogen and oxygen atoms in total. The Morgan fingerprint density at radius 1 is 1.28 bits per heavy atom. The smallest absolute Gasteiger partial charge is 0.312 e. The Kier molecular flexibility index (Phi) is 6.60. The van der Waals surface area contributed by atoms with E-state index in [0.29, 0.717) is 24.0 Å². The minimum Gasteiger partial charge on any atom is -0.353 e. The van der Waals surface area contributed by atoms with Gasteiger partial charge in [-0.25, -0.2) is 0 Å². The van der Waals surface area contributed by atoms with Crippen molar-refractivity contribution >= 4 is 11.6 Å². The number of nitro groups is 1. The Hall–Kier alpha value is -2.78. The second kappa shape index (κ2) is 9.15. The highest BCUT2D eigenvalue weighted by molar-refractivity contribution is 5.75. The molecule has 1 aromatic heterocycles. The number of carbonyl (C=O) groups is 1. The van der Waals surface area contributed by atoms with Crippen molar-refractivity contribution in [2.24, 2.45) is 0 Å². The lowest BCUT2D eigenvalue weighted by Crippen LogP contribution is -2.49. The molecule has 1 atom stereocenters. The molecule has 1 amide bonds. The van der Waals surface area contributed by atoms with Gasteiger partial charge < -0.3 is 10.2 Å². The molecule has 156 valence electrons. The predicted octanol–water partition coefficient (Wildman–Crippen LogP) is 1.51. The number of likely N-dealkylation sites (N-methyl/N-ethyl adjacent to an activating group) is 1. The normalized spacial score (nSPS) is 18.0. The van der Waals surface area contributed by atoms with Gasteiger partial charge in [0.25, 0.3) is 0 Å². The SMILES string of the molecule is Cc1nn(CC(=O)NCCN2CCN(C)C[C@H]2c2ccccc2)c(C)c1[N+](=O)[O-].